The van der Waals surface area contributed by atoms with Gasteiger partial charge in [0.15, 0.2) is 0 Å². The second-order valence-electron chi connectivity index (χ2n) is 4.48. The first-order chi connectivity index (χ1) is 9.04. The van der Waals surface area contributed by atoms with E-state index in [9.17, 15) is 14.7 Å². The molecular formula is C12H16N2O4S. The molecule has 0 spiro atoms. The summed E-state index contributed by atoms with van der Waals surface area (Å²) in [5.41, 5.74) is 0.606. The van der Waals surface area contributed by atoms with Gasteiger partial charge < -0.3 is 14.5 Å². The van der Waals surface area contributed by atoms with E-state index in [1.807, 2.05) is 6.92 Å². The van der Waals surface area contributed by atoms with Crippen molar-refractivity contribution in [3.63, 3.8) is 0 Å². The number of nitrogens with zero attached hydrogens (tertiary/aromatic N) is 2. The van der Waals surface area contributed by atoms with Gasteiger partial charge in [-0.15, -0.1) is 11.8 Å². The van der Waals surface area contributed by atoms with E-state index in [0.29, 0.717) is 11.4 Å². The first-order valence-corrected chi connectivity index (χ1v) is 7.19. The summed E-state index contributed by atoms with van der Waals surface area (Å²) < 4.78 is 4.95. The van der Waals surface area contributed by atoms with Gasteiger partial charge in [0.1, 0.15) is 6.04 Å². The Balaban J connectivity index is 2.25. The fourth-order valence-electron chi connectivity index (χ4n) is 2.09. The van der Waals surface area contributed by atoms with Gasteiger partial charge in [-0.3, -0.25) is 4.79 Å². The minimum atomic E-state index is -0.976. The van der Waals surface area contributed by atoms with E-state index in [1.54, 1.807) is 6.92 Å². The molecule has 0 saturated carbocycles. The molecule has 2 heterocycles. The molecule has 1 amide bonds. The van der Waals surface area contributed by atoms with E-state index in [2.05, 4.69) is 5.16 Å². The fourth-order valence-corrected chi connectivity index (χ4v) is 3.60. The lowest BCUT2D eigenvalue weighted by Crippen LogP contribution is -2.45. The number of carbonyl (C=O) groups is 2. The van der Waals surface area contributed by atoms with Crippen LogP contribution in [0.15, 0.2) is 10.6 Å². The molecule has 6 nitrogen and oxygen atoms in total. The quantitative estimate of drug-likeness (QED) is 0.907. The zero-order chi connectivity index (χ0) is 14.0. The topological polar surface area (TPSA) is 83.6 Å². The molecule has 19 heavy (non-hydrogen) atoms. The fraction of sp³-hybridized carbons (Fsp3) is 0.583. The van der Waals surface area contributed by atoms with Crippen LogP contribution in [0.5, 0.6) is 0 Å². The Morgan fingerprint density at radius 3 is 2.89 bits per heavy atom. The SMILES string of the molecule is CCCC1SCC(C(=O)O)N1C(=O)c1cc(C)no1. The van der Waals surface area contributed by atoms with Crippen LogP contribution in [0.4, 0.5) is 0 Å². The highest BCUT2D eigenvalue weighted by Gasteiger charge is 2.42. The predicted molar refractivity (Wildman–Crippen MR) is 70.0 cm³/mol. The second-order valence-corrected chi connectivity index (χ2v) is 5.69. The number of aliphatic carboxylic acids is 1. The molecule has 2 rings (SSSR count). The third-order valence-electron chi connectivity index (χ3n) is 2.99. The molecule has 0 aliphatic carbocycles. The van der Waals surface area contributed by atoms with Gasteiger partial charge in [-0.1, -0.05) is 18.5 Å². The lowest BCUT2D eigenvalue weighted by atomic mass is 10.2. The monoisotopic (exact) mass is 284 g/mol. The molecule has 104 valence electrons. The molecule has 1 aliphatic rings. The van der Waals surface area contributed by atoms with Gasteiger partial charge in [-0.2, -0.15) is 0 Å². The largest absolute Gasteiger partial charge is 0.480 e. The molecule has 2 unspecified atom stereocenters. The zero-order valence-electron chi connectivity index (χ0n) is 10.8. The third-order valence-corrected chi connectivity index (χ3v) is 4.34. The van der Waals surface area contributed by atoms with Gasteiger partial charge in [0.05, 0.1) is 11.1 Å². The van der Waals surface area contributed by atoms with E-state index in [-0.39, 0.29) is 11.1 Å². The lowest BCUT2D eigenvalue weighted by molar-refractivity contribution is -0.141. The Kier molecular flexibility index (Phi) is 4.14. The number of hydrogen-bond acceptors (Lipinski definition) is 5. The number of aryl methyl sites for hydroxylation is 1. The van der Waals surface area contributed by atoms with Gasteiger partial charge in [0.2, 0.25) is 5.76 Å². The molecule has 1 aromatic heterocycles. The van der Waals surface area contributed by atoms with E-state index >= 15 is 0 Å². The summed E-state index contributed by atoms with van der Waals surface area (Å²) >= 11 is 1.50. The van der Waals surface area contributed by atoms with Crippen molar-refractivity contribution in [1.82, 2.24) is 10.1 Å². The van der Waals surface area contributed by atoms with Crippen molar-refractivity contribution in [2.75, 3.05) is 5.75 Å². The van der Waals surface area contributed by atoms with Crippen molar-refractivity contribution < 1.29 is 19.2 Å². The molecule has 1 aliphatic heterocycles. The van der Waals surface area contributed by atoms with E-state index < -0.39 is 17.9 Å². The standard InChI is InChI=1S/C12H16N2O4S/c1-3-4-10-14(8(6-19-10)12(16)17)11(15)9-5-7(2)13-18-9/h5,8,10H,3-4,6H2,1-2H3,(H,16,17). The van der Waals surface area contributed by atoms with Crippen molar-refractivity contribution >= 4 is 23.6 Å². The average molecular weight is 284 g/mol. The second kappa shape index (κ2) is 5.64. The third kappa shape index (κ3) is 2.75. The predicted octanol–water partition coefficient (Wildman–Crippen LogP) is 1.75. The van der Waals surface area contributed by atoms with Crippen LogP contribution in [0.1, 0.15) is 36.0 Å². The van der Waals surface area contributed by atoms with Gasteiger partial charge in [-0.25, -0.2) is 4.79 Å². The van der Waals surface area contributed by atoms with Crippen LogP contribution in [0, 0.1) is 6.92 Å². The normalized spacial score (nSPS) is 22.7. The van der Waals surface area contributed by atoms with Crippen molar-refractivity contribution in [3.05, 3.63) is 17.5 Å². The van der Waals surface area contributed by atoms with E-state index in [4.69, 9.17) is 4.52 Å². The van der Waals surface area contributed by atoms with Gasteiger partial charge in [-0.05, 0) is 13.3 Å². The van der Waals surface area contributed by atoms with Gasteiger partial charge in [0.25, 0.3) is 5.91 Å². The van der Waals surface area contributed by atoms with E-state index in [0.717, 1.165) is 12.8 Å². The summed E-state index contributed by atoms with van der Waals surface area (Å²) in [6.45, 7) is 3.73. The molecule has 1 fully saturated rings. The highest BCUT2D eigenvalue weighted by molar-refractivity contribution is 8.00. The number of carboxylic acid groups (broad SMARTS) is 1. The van der Waals surface area contributed by atoms with Crippen LogP contribution in [0.25, 0.3) is 0 Å². The number of rotatable bonds is 4. The maximum absolute atomic E-state index is 12.4. The summed E-state index contributed by atoms with van der Waals surface area (Å²) in [6.07, 6.45) is 1.66. The highest BCUT2D eigenvalue weighted by atomic mass is 32.2. The van der Waals surface area contributed by atoms with Crippen molar-refractivity contribution in [2.24, 2.45) is 0 Å². The average Bonchev–Trinajstić information content (AvgIpc) is 2.95. The first-order valence-electron chi connectivity index (χ1n) is 6.15. The Hall–Kier alpha value is -1.50. The van der Waals surface area contributed by atoms with Crippen molar-refractivity contribution in [1.29, 1.82) is 0 Å². The first kappa shape index (κ1) is 13.9. The Labute approximate surface area is 115 Å². The summed E-state index contributed by atoms with van der Waals surface area (Å²) in [5.74, 6) is -0.849. The van der Waals surface area contributed by atoms with Crippen LogP contribution < -0.4 is 0 Å². The number of amides is 1. The highest BCUT2D eigenvalue weighted by Crippen LogP contribution is 2.33. The number of carboxylic acids is 1. The summed E-state index contributed by atoms with van der Waals surface area (Å²) in [6, 6.07) is 0.743. The van der Waals surface area contributed by atoms with E-state index in [1.165, 1.54) is 22.7 Å². The van der Waals surface area contributed by atoms with Crippen molar-refractivity contribution in [3.8, 4) is 0 Å². The molecule has 1 N–H and O–H groups in total. The Morgan fingerprint density at radius 2 is 2.37 bits per heavy atom. The van der Waals surface area contributed by atoms with Crippen LogP contribution in [0.3, 0.4) is 0 Å². The van der Waals surface area contributed by atoms with Crippen LogP contribution in [-0.4, -0.2) is 44.2 Å². The smallest absolute Gasteiger partial charge is 0.327 e. The molecular weight excluding hydrogens is 268 g/mol. The lowest BCUT2D eigenvalue weighted by Gasteiger charge is -2.25. The van der Waals surface area contributed by atoms with Crippen LogP contribution in [-0.2, 0) is 4.79 Å². The molecule has 7 heteroatoms. The van der Waals surface area contributed by atoms with Crippen LogP contribution >= 0.6 is 11.8 Å². The minimum absolute atomic E-state index is 0.104. The molecule has 0 aromatic carbocycles. The molecule has 2 atom stereocenters. The van der Waals surface area contributed by atoms with Gasteiger partial charge in [0, 0.05) is 11.8 Å². The number of carbonyl (C=O) groups excluding carboxylic acids is 1. The maximum atomic E-state index is 12.4. The number of hydrogen-bond donors (Lipinski definition) is 1. The number of thioether (sulfide) groups is 1. The molecule has 1 aromatic rings. The Bertz CT molecular complexity index is 488. The number of aromatic nitrogens is 1. The maximum Gasteiger partial charge on any atom is 0.327 e. The Morgan fingerprint density at radius 1 is 1.63 bits per heavy atom. The molecule has 1 saturated heterocycles. The summed E-state index contributed by atoms with van der Waals surface area (Å²) in [4.78, 5) is 25.0. The van der Waals surface area contributed by atoms with Gasteiger partial charge >= 0.3 is 5.97 Å². The summed E-state index contributed by atoms with van der Waals surface area (Å²) in [7, 11) is 0. The zero-order valence-corrected chi connectivity index (χ0v) is 11.6. The minimum Gasteiger partial charge on any atom is -0.480 e. The van der Waals surface area contributed by atoms with Crippen molar-refractivity contribution in [2.45, 2.75) is 38.1 Å². The molecule has 0 bridgehead atoms. The summed E-state index contributed by atoms with van der Waals surface area (Å²) in [5, 5.41) is 12.8. The van der Waals surface area contributed by atoms with Crippen LogP contribution in [0.2, 0.25) is 0 Å². The molecule has 0 radical (unpaired) electrons.